The van der Waals surface area contributed by atoms with Gasteiger partial charge in [-0.15, -0.1) is 0 Å². The standard InChI is InChI=1S/C11H14FN2O/c1-3-8(2)13-11(15)14-10-6-4-9(12)5-7-10/h4-8H,1,3H2,2H3,(H2,13,14,15). The molecule has 1 radical (unpaired) electrons. The Morgan fingerprint density at radius 1 is 1.47 bits per heavy atom. The summed E-state index contributed by atoms with van der Waals surface area (Å²) >= 11 is 0. The van der Waals surface area contributed by atoms with Crippen LogP contribution in [-0.4, -0.2) is 12.1 Å². The molecule has 0 aliphatic rings. The third kappa shape index (κ3) is 3.97. The highest BCUT2D eigenvalue weighted by Gasteiger charge is 2.04. The highest BCUT2D eigenvalue weighted by atomic mass is 19.1. The fourth-order valence-electron chi connectivity index (χ4n) is 0.996. The first-order valence-corrected chi connectivity index (χ1v) is 4.74. The zero-order chi connectivity index (χ0) is 11.3. The van der Waals surface area contributed by atoms with Crippen LogP contribution in [0.25, 0.3) is 0 Å². The molecule has 0 bridgehead atoms. The second-order valence-electron chi connectivity index (χ2n) is 3.30. The average Bonchev–Trinajstić information content (AvgIpc) is 2.21. The Kier molecular flexibility index (Phi) is 4.09. The van der Waals surface area contributed by atoms with Gasteiger partial charge in [-0.1, -0.05) is 6.92 Å². The number of halogens is 1. The molecule has 1 unspecified atom stereocenters. The number of carbonyl (C=O) groups is 1. The van der Waals surface area contributed by atoms with Crippen molar-refractivity contribution in [1.29, 1.82) is 0 Å². The lowest BCUT2D eigenvalue weighted by molar-refractivity contribution is 0.249. The Morgan fingerprint density at radius 2 is 2.07 bits per heavy atom. The van der Waals surface area contributed by atoms with E-state index in [-0.39, 0.29) is 17.9 Å². The van der Waals surface area contributed by atoms with Gasteiger partial charge in [0.05, 0.1) is 0 Å². The summed E-state index contributed by atoms with van der Waals surface area (Å²) in [6.45, 7) is 5.52. The first kappa shape index (κ1) is 11.5. The van der Waals surface area contributed by atoms with Crippen molar-refractivity contribution in [3.8, 4) is 0 Å². The fourth-order valence-corrected chi connectivity index (χ4v) is 0.996. The second-order valence-corrected chi connectivity index (χ2v) is 3.30. The van der Waals surface area contributed by atoms with Crippen LogP contribution in [0.15, 0.2) is 24.3 Å². The predicted molar refractivity (Wildman–Crippen MR) is 58.0 cm³/mol. The lowest BCUT2D eigenvalue weighted by atomic mass is 10.3. The van der Waals surface area contributed by atoms with Crippen LogP contribution in [0, 0.1) is 12.7 Å². The molecule has 1 rings (SSSR count). The molecule has 0 aliphatic carbocycles. The lowest BCUT2D eigenvalue weighted by Gasteiger charge is -2.12. The van der Waals surface area contributed by atoms with E-state index >= 15 is 0 Å². The summed E-state index contributed by atoms with van der Waals surface area (Å²) in [5.41, 5.74) is 0.560. The normalized spacial score (nSPS) is 11.9. The number of amides is 2. The van der Waals surface area contributed by atoms with Crippen LogP contribution in [-0.2, 0) is 0 Å². The van der Waals surface area contributed by atoms with Crippen molar-refractivity contribution >= 4 is 11.7 Å². The van der Waals surface area contributed by atoms with E-state index in [1.165, 1.54) is 24.3 Å². The molecule has 1 aromatic carbocycles. The molecule has 0 saturated carbocycles. The van der Waals surface area contributed by atoms with Gasteiger partial charge < -0.3 is 10.6 Å². The van der Waals surface area contributed by atoms with Gasteiger partial charge in [-0.3, -0.25) is 0 Å². The van der Waals surface area contributed by atoms with Crippen molar-refractivity contribution in [3.63, 3.8) is 0 Å². The number of hydrogen-bond donors (Lipinski definition) is 2. The summed E-state index contributed by atoms with van der Waals surface area (Å²) in [4.78, 5) is 11.3. The number of urea groups is 1. The van der Waals surface area contributed by atoms with Crippen LogP contribution < -0.4 is 10.6 Å². The summed E-state index contributed by atoms with van der Waals surface area (Å²) in [7, 11) is 0. The summed E-state index contributed by atoms with van der Waals surface area (Å²) in [5.74, 6) is -0.327. The molecule has 1 atom stereocenters. The highest BCUT2D eigenvalue weighted by molar-refractivity contribution is 5.89. The molecular formula is C11H14FN2O. The third-order valence-corrected chi connectivity index (χ3v) is 1.91. The number of benzene rings is 1. The molecule has 3 nitrogen and oxygen atoms in total. The molecule has 0 aliphatic heterocycles. The molecule has 2 N–H and O–H groups in total. The van der Waals surface area contributed by atoms with Crippen LogP contribution >= 0.6 is 0 Å². The van der Waals surface area contributed by atoms with Crippen molar-refractivity contribution in [2.75, 3.05) is 5.32 Å². The second kappa shape index (κ2) is 5.34. The molecule has 0 fully saturated rings. The van der Waals surface area contributed by atoms with Crippen LogP contribution in [0.4, 0.5) is 14.9 Å². The number of rotatable bonds is 3. The van der Waals surface area contributed by atoms with Crippen molar-refractivity contribution in [2.24, 2.45) is 0 Å². The van der Waals surface area contributed by atoms with Gasteiger partial charge >= 0.3 is 6.03 Å². The topological polar surface area (TPSA) is 41.1 Å². The minimum atomic E-state index is -0.327. The maximum Gasteiger partial charge on any atom is 0.319 e. The molecule has 2 amide bonds. The van der Waals surface area contributed by atoms with E-state index in [4.69, 9.17) is 0 Å². The predicted octanol–water partition coefficient (Wildman–Crippen LogP) is 2.56. The van der Waals surface area contributed by atoms with Gasteiger partial charge in [0, 0.05) is 11.7 Å². The minimum Gasteiger partial charge on any atom is -0.335 e. The first-order chi connectivity index (χ1) is 7.11. The Morgan fingerprint density at radius 3 is 2.60 bits per heavy atom. The van der Waals surface area contributed by atoms with Gasteiger partial charge in [0.2, 0.25) is 0 Å². The van der Waals surface area contributed by atoms with Gasteiger partial charge in [-0.2, -0.15) is 0 Å². The zero-order valence-corrected chi connectivity index (χ0v) is 8.59. The smallest absolute Gasteiger partial charge is 0.319 e. The van der Waals surface area contributed by atoms with Gasteiger partial charge in [-0.05, 0) is 37.6 Å². The third-order valence-electron chi connectivity index (χ3n) is 1.91. The number of nitrogens with one attached hydrogen (secondary N) is 2. The molecule has 4 heteroatoms. The van der Waals surface area contributed by atoms with Gasteiger partial charge in [0.1, 0.15) is 5.82 Å². The molecule has 81 valence electrons. The summed E-state index contributed by atoms with van der Waals surface area (Å²) in [5, 5.41) is 5.28. The molecule has 0 heterocycles. The lowest BCUT2D eigenvalue weighted by Crippen LogP contribution is -2.35. The number of hydrogen-bond acceptors (Lipinski definition) is 1. The maximum atomic E-state index is 12.6. The molecular weight excluding hydrogens is 195 g/mol. The van der Waals surface area contributed by atoms with Gasteiger partial charge in [0.15, 0.2) is 0 Å². The van der Waals surface area contributed by atoms with E-state index in [1.54, 1.807) is 0 Å². The first-order valence-electron chi connectivity index (χ1n) is 4.74. The van der Waals surface area contributed by atoms with E-state index in [9.17, 15) is 9.18 Å². The van der Waals surface area contributed by atoms with E-state index in [0.29, 0.717) is 12.1 Å². The molecule has 0 aromatic heterocycles. The van der Waals surface area contributed by atoms with E-state index in [1.807, 2.05) is 6.92 Å². The van der Waals surface area contributed by atoms with Crippen molar-refractivity contribution in [3.05, 3.63) is 37.0 Å². The van der Waals surface area contributed by atoms with Crippen LogP contribution in [0.5, 0.6) is 0 Å². The summed E-state index contributed by atoms with van der Waals surface area (Å²) in [6.07, 6.45) is 0.622. The van der Waals surface area contributed by atoms with E-state index in [2.05, 4.69) is 17.6 Å². The van der Waals surface area contributed by atoms with E-state index < -0.39 is 0 Å². The van der Waals surface area contributed by atoms with Crippen molar-refractivity contribution in [2.45, 2.75) is 19.4 Å². The Labute approximate surface area is 88.7 Å². The SMILES string of the molecule is [CH2]CC(C)NC(=O)Nc1ccc(F)cc1. The van der Waals surface area contributed by atoms with Gasteiger partial charge in [-0.25, -0.2) is 9.18 Å². The van der Waals surface area contributed by atoms with Crippen molar-refractivity contribution < 1.29 is 9.18 Å². The summed E-state index contributed by atoms with van der Waals surface area (Å²) in [6, 6.07) is 5.30. The molecule has 0 spiro atoms. The molecule has 15 heavy (non-hydrogen) atoms. The Hall–Kier alpha value is -1.58. The Bertz CT molecular complexity index is 324. The minimum absolute atomic E-state index is 0.0189. The van der Waals surface area contributed by atoms with Crippen molar-refractivity contribution in [1.82, 2.24) is 5.32 Å². The molecule has 0 saturated heterocycles. The summed E-state index contributed by atoms with van der Waals surface area (Å²) < 4.78 is 12.6. The number of anilines is 1. The average molecular weight is 209 g/mol. The van der Waals surface area contributed by atoms with Gasteiger partial charge in [0.25, 0.3) is 0 Å². The monoisotopic (exact) mass is 209 g/mol. The van der Waals surface area contributed by atoms with Crippen LogP contribution in [0.2, 0.25) is 0 Å². The quantitative estimate of drug-likeness (QED) is 0.789. The molecule has 1 aromatic rings. The Balaban J connectivity index is 2.48. The zero-order valence-electron chi connectivity index (χ0n) is 8.59. The fraction of sp³-hybridized carbons (Fsp3) is 0.273. The largest absolute Gasteiger partial charge is 0.335 e. The highest BCUT2D eigenvalue weighted by Crippen LogP contribution is 2.07. The van der Waals surface area contributed by atoms with Crippen LogP contribution in [0.3, 0.4) is 0 Å². The van der Waals surface area contributed by atoms with E-state index in [0.717, 1.165) is 0 Å². The number of carbonyl (C=O) groups excluding carboxylic acids is 1. The van der Waals surface area contributed by atoms with Crippen LogP contribution in [0.1, 0.15) is 13.3 Å². The maximum absolute atomic E-state index is 12.6.